The molecular weight excluding hydrogens is 304 g/mol. The summed E-state index contributed by atoms with van der Waals surface area (Å²) in [5.74, 6) is 1.85. The molecule has 3 nitrogen and oxygen atoms in total. The van der Waals surface area contributed by atoms with Crippen LogP contribution in [0.1, 0.15) is 43.4 Å². The molecule has 5 heteroatoms. The fraction of sp³-hybridized carbons (Fsp3) is 0.562. The fourth-order valence-electron chi connectivity index (χ4n) is 3.25. The van der Waals surface area contributed by atoms with E-state index in [1.165, 1.54) is 19.3 Å². The average Bonchev–Trinajstić information content (AvgIpc) is 3.09. The van der Waals surface area contributed by atoms with Gasteiger partial charge in [-0.05, 0) is 44.6 Å². The van der Waals surface area contributed by atoms with Crippen LogP contribution in [0.15, 0.2) is 18.2 Å². The van der Waals surface area contributed by atoms with Crippen LogP contribution < -0.4 is 4.74 Å². The molecule has 0 amide bonds. The van der Waals surface area contributed by atoms with Crippen LogP contribution in [0.25, 0.3) is 11.0 Å². The molecule has 3 unspecified atom stereocenters. The molecule has 114 valence electrons. The smallest absolute Gasteiger partial charge is 0.127 e. The highest BCUT2D eigenvalue weighted by Gasteiger charge is 2.29. The molecule has 0 aliphatic heterocycles. The molecule has 1 aliphatic carbocycles. The number of hydrogen-bond acceptors (Lipinski definition) is 3. The summed E-state index contributed by atoms with van der Waals surface area (Å²) in [6.45, 7) is 2.00. The molecule has 3 rings (SSSR count). The highest BCUT2D eigenvalue weighted by molar-refractivity contribution is 7.99. The number of rotatable bonds is 4. The van der Waals surface area contributed by atoms with Crippen molar-refractivity contribution in [2.75, 3.05) is 13.4 Å². The van der Waals surface area contributed by atoms with Crippen LogP contribution >= 0.6 is 23.4 Å². The number of aromatic nitrogens is 2. The number of hydrogen-bond donors (Lipinski definition) is 0. The lowest BCUT2D eigenvalue weighted by Gasteiger charge is -2.18. The standard InChI is InChI=1S/C16H21ClN2OS/c1-10(17)16-18-14-7-5-12(20-2)9-15(14)19(16)11-4-6-13(8-11)21-3/h5,7,9-11,13H,4,6,8H2,1-3H3. The van der Waals surface area contributed by atoms with Gasteiger partial charge >= 0.3 is 0 Å². The number of imidazole rings is 1. The molecule has 0 spiro atoms. The van der Waals surface area contributed by atoms with Gasteiger partial charge in [0.15, 0.2) is 0 Å². The van der Waals surface area contributed by atoms with Crippen molar-refractivity contribution in [2.24, 2.45) is 0 Å². The van der Waals surface area contributed by atoms with Crippen molar-refractivity contribution < 1.29 is 4.74 Å². The molecule has 1 aromatic heterocycles. The van der Waals surface area contributed by atoms with E-state index in [4.69, 9.17) is 21.3 Å². The normalized spacial score (nSPS) is 23.6. The van der Waals surface area contributed by atoms with Crippen molar-refractivity contribution in [3.8, 4) is 5.75 Å². The van der Waals surface area contributed by atoms with Crippen LogP contribution in [0.4, 0.5) is 0 Å². The summed E-state index contributed by atoms with van der Waals surface area (Å²) < 4.78 is 7.73. The first-order valence-electron chi connectivity index (χ1n) is 7.36. The highest BCUT2D eigenvalue weighted by atomic mass is 35.5. The molecular formula is C16H21ClN2OS. The Morgan fingerprint density at radius 2 is 2.24 bits per heavy atom. The molecule has 0 saturated heterocycles. The monoisotopic (exact) mass is 324 g/mol. The van der Waals surface area contributed by atoms with Gasteiger partial charge in [-0.2, -0.15) is 11.8 Å². The SMILES string of the molecule is COc1ccc2nc(C(C)Cl)n(C3CCC(SC)C3)c2c1. The van der Waals surface area contributed by atoms with Crippen molar-refractivity contribution >= 4 is 34.4 Å². The van der Waals surface area contributed by atoms with E-state index < -0.39 is 0 Å². The largest absolute Gasteiger partial charge is 0.497 e. The Labute approximate surface area is 135 Å². The summed E-state index contributed by atoms with van der Waals surface area (Å²) in [4.78, 5) is 4.75. The van der Waals surface area contributed by atoms with Gasteiger partial charge in [0, 0.05) is 17.4 Å². The quantitative estimate of drug-likeness (QED) is 0.756. The first kappa shape index (κ1) is 15.0. The van der Waals surface area contributed by atoms with Crippen LogP contribution in [0.2, 0.25) is 0 Å². The van der Waals surface area contributed by atoms with Crippen molar-refractivity contribution in [3.05, 3.63) is 24.0 Å². The van der Waals surface area contributed by atoms with Gasteiger partial charge in [-0.25, -0.2) is 4.98 Å². The van der Waals surface area contributed by atoms with Crippen molar-refractivity contribution in [2.45, 2.75) is 42.9 Å². The fourth-order valence-corrected chi connectivity index (χ4v) is 4.19. The number of fused-ring (bicyclic) bond motifs is 1. The van der Waals surface area contributed by atoms with Crippen LogP contribution in [0.5, 0.6) is 5.75 Å². The molecule has 3 atom stereocenters. The van der Waals surface area contributed by atoms with Gasteiger partial charge in [-0.3, -0.25) is 0 Å². The second kappa shape index (κ2) is 6.09. The van der Waals surface area contributed by atoms with Crippen LogP contribution in [-0.4, -0.2) is 28.2 Å². The first-order chi connectivity index (χ1) is 10.1. The number of halogens is 1. The third-order valence-electron chi connectivity index (χ3n) is 4.34. The molecule has 21 heavy (non-hydrogen) atoms. The van der Waals surface area contributed by atoms with E-state index in [9.17, 15) is 0 Å². The minimum absolute atomic E-state index is 0.0864. The van der Waals surface area contributed by atoms with E-state index in [1.807, 2.05) is 30.8 Å². The van der Waals surface area contributed by atoms with E-state index >= 15 is 0 Å². The Balaban J connectivity index is 2.11. The lowest BCUT2D eigenvalue weighted by Crippen LogP contribution is -2.10. The zero-order chi connectivity index (χ0) is 15.0. The average molecular weight is 325 g/mol. The topological polar surface area (TPSA) is 27.1 Å². The van der Waals surface area contributed by atoms with Crippen molar-refractivity contribution in [1.29, 1.82) is 0 Å². The molecule has 0 radical (unpaired) electrons. The van der Waals surface area contributed by atoms with Gasteiger partial charge in [0.1, 0.15) is 11.6 Å². The van der Waals surface area contributed by atoms with E-state index in [2.05, 4.69) is 16.9 Å². The Kier molecular flexibility index (Phi) is 4.36. The maximum Gasteiger partial charge on any atom is 0.127 e. The summed E-state index contributed by atoms with van der Waals surface area (Å²) >= 11 is 8.35. The maximum atomic E-state index is 6.38. The number of alkyl halides is 1. The number of nitrogens with zero attached hydrogens (tertiary/aromatic N) is 2. The summed E-state index contributed by atoms with van der Waals surface area (Å²) in [5.41, 5.74) is 2.15. The van der Waals surface area contributed by atoms with E-state index in [0.29, 0.717) is 6.04 Å². The zero-order valence-corrected chi connectivity index (χ0v) is 14.2. The minimum atomic E-state index is -0.0864. The Bertz CT molecular complexity index is 640. The summed E-state index contributed by atoms with van der Waals surface area (Å²) in [6.07, 6.45) is 5.87. The maximum absolute atomic E-state index is 6.38. The number of thioether (sulfide) groups is 1. The number of ether oxygens (including phenoxy) is 1. The molecule has 1 aromatic carbocycles. The van der Waals surface area contributed by atoms with Gasteiger partial charge in [-0.15, -0.1) is 11.6 Å². The van der Waals surface area contributed by atoms with Gasteiger partial charge in [0.25, 0.3) is 0 Å². The molecule has 2 aromatic rings. The van der Waals surface area contributed by atoms with Crippen LogP contribution in [-0.2, 0) is 0 Å². The van der Waals surface area contributed by atoms with Gasteiger partial charge in [0.2, 0.25) is 0 Å². The molecule has 0 bridgehead atoms. The predicted molar refractivity (Wildman–Crippen MR) is 90.7 cm³/mol. The second-order valence-electron chi connectivity index (χ2n) is 5.64. The highest BCUT2D eigenvalue weighted by Crippen LogP contribution is 2.40. The molecule has 1 heterocycles. The van der Waals surface area contributed by atoms with Crippen LogP contribution in [0, 0.1) is 0 Å². The van der Waals surface area contributed by atoms with Crippen LogP contribution in [0.3, 0.4) is 0 Å². The van der Waals surface area contributed by atoms with Gasteiger partial charge in [-0.1, -0.05) is 0 Å². The Morgan fingerprint density at radius 3 is 2.86 bits per heavy atom. The summed E-state index contributed by atoms with van der Waals surface area (Å²) in [5, 5.41) is 0.660. The second-order valence-corrected chi connectivity index (χ2v) is 7.43. The lowest BCUT2D eigenvalue weighted by atomic mass is 10.2. The minimum Gasteiger partial charge on any atom is -0.497 e. The van der Waals surface area contributed by atoms with E-state index in [0.717, 1.165) is 27.9 Å². The Hall–Kier alpha value is -0.870. The number of benzene rings is 1. The third-order valence-corrected chi connectivity index (χ3v) is 5.63. The summed E-state index contributed by atoms with van der Waals surface area (Å²) in [6, 6.07) is 6.56. The number of methoxy groups -OCH3 is 1. The van der Waals surface area contributed by atoms with Gasteiger partial charge in [0.05, 0.1) is 23.5 Å². The molecule has 1 fully saturated rings. The van der Waals surface area contributed by atoms with E-state index in [-0.39, 0.29) is 5.38 Å². The summed E-state index contributed by atoms with van der Waals surface area (Å²) in [7, 11) is 1.70. The van der Waals surface area contributed by atoms with Crippen molar-refractivity contribution in [3.63, 3.8) is 0 Å². The zero-order valence-electron chi connectivity index (χ0n) is 12.7. The molecule has 1 aliphatic rings. The molecule has 0 N–H and O–H groups in total. The van der Waals surface area contributed by atoms with Gasteiger partial charge < -0.3 is 9.30 Å². The first-order valence-corrected chi connectivity index (χ1v) is 9.09. The van der Waals surface area contributed by atoms with E-state index in [1.54, 1.807) is 7.11 Å². The predicted octanol–water partition coefficient (Wildman–Crippen LogP) is 4.80. The molecule has 1 saturated carbocycles. The van der Waals surface area contributed by atoms with Crippen molar-refractivity contribution in [1.82, 2.24) is 9.55 Å². The Morgan fingerprint density at radius 1 is 1.43 bits per heavy atom. The lowest BCUT2D eigenvalue weighted by molar-refractivity contribution is 0.415. The third kappa shape index (κ3) is 2.76.